The second kappa shape index (κ2) is 12.1. The van der Waals surface area contributed by atoms with Crippen LogP contribution >= 0.6 is 0 Å². The van der Waals surface area contributed by atoms with Crippen LogP contribution in [0.3, 0.4) is 0 Å². The van der Waals surface area contributed by atoms with Crippen LogP contribution in [0.1, 0.15) is 66.2 Å². The summed E-state index contributed by atoms with van der Waals surface area (Å²) in [7, 11) is 0. The third kappa shape index (κ3) is 7.55. The molecule has 7 heteroatoms. The van der Waals surface area contributed by atoms with Gasteiger partial charge in [0.05, 0.1) is 25.4 Å². The van der Waals surface area contributed by atoms with Gasteiger partial charge in [0, 0.05) is 30.6 Å². The zero-order valence-electron chi connectivity index (χ0n) is 22.4. The van der Waals surface area contributed by atoms with Gasteiger partial charge in [-0.15, -0.1) is 0 Å². The van der Waals surface area contributed by atoms with Crippen molar-refractivity contribution in [3.63, 3.8) is 0 Å². The lowest BCUT2D eigenvalue weighted by Crippen LogP contribution is -2.53. The Hall–Kier alpha value is -2.90. The van der Waals surface area contributed by atoms with Crippen LogP contribution in [0.2, 0.25) is 0 Å². The molecule has 200 valence electrons. The SMILES string of the molecule is CC(C)(C)NC(=O)c1ccccc1C[C@@H](O)[C@H](Cc1ccc2c(c1)CCCC2)NC(=O)N1CCOCC1. The van der Waals surface area contributed by atoms with Crippen LogP contribution < -0.4 is 10.6 Å². The number of benzene rings is 2. The monoisotopic (exact) mass is 507 g/mol. The summed E-state index contributed by atoms with van der Waals surface area (Å²) in [5.74, 6) is -0.168. The van der Waals surface area contributed by atoms with Gasteiger partial charge >= 0.3 is 6.03 Å². The third-order valence-electron chi connectivity index (χ3n) is 7.12. The van der Waals surface area contributed by atoms with Gasteiger partial charge in [0.1, 0.15) is 0 Å². The van der Waals surface area contributed by atoms with E-state index in [2.05, 4.69) is 28.8 Å². The molecule has 3 N–H and O–H groups in total. The average Bonchev–Trinajstić information content (AvgIpc) is 2.88. The van der Waals surface area contributed by atoms with Crippen LogP contribution in [0.15, 0.2) is 42.5 Å². The molecule has 1 aliphatic heterocycles. The number of nitrogens with zero attached hydrogens (tertiary/aromatic N) is 1. The van der Waals surface area contributed by atoms with E-state index in [1.54, 1.807) is 11.0 Å². The maximum atomic E-state index is 13.1. The number of amides is 3. The Morgan fingerprint density at radius 1 is 1.00 bits per heavy atom. The lowest BCUT2D eigenvalue weighted by Gasteiger charge is -2.31. The molecule has 0 unspecified atom stereocenters. The number of carbonyl (C=O) groups is 2. The Morgan fingerprint density at radius 2 is 1.70 bits per heavy atom. The highest BCUT2D eigenvalue weighted by molar-refractivity contribution is 5.96. The van der Waals surface area contributed by atoms with E-state index in [-0.39, 0.29) is 23.9 Å². The fourth-order valence-electron chi connectivity index (χ4n) is 5.16. The number of aliphatic hydroxyl groups is 1. The summed E-state index contributed by atoms with van der Waals surface area (Å²) in [5, 5.41) is 17.6. The molecule has 2 aromatic rings. The van der Waals surface area contributed by atoms with Crippen LogP contribution in [0, 0.1) is 0 Å². The van der Waals surface area contributed by atoms with E-state index in [1.165, 1.54) is 24.0 Å². The van der Waals surface area contributed by atoms with Crippen molar-refractivity contribution < 1.29 is 19.4 Å². The van der Waals surface area contributed by atoms with Crippen LogP contribution in [0.4, 0.5) is 4.79 Å². The molecule has 3 amide bonds. The predicted octanol–water partition coefficient (Wildman–Crippen LogP) is 3.65. The number of ether oxygens (including phenoxy) is 1. The zero-order valence-corrected chi connectivity index (χ0v) is 22.4. The molecule has 0 radical (unpaired) electrons. The first-order chi connectivity index (χ1) is 17.7. The summed E-state index contributed by atoms with van der Waals surface area (Å²) in [4.78, 5) is 27.8. The molecule has 1 saturated heterocycles. The Bertz CT molecular complexity index is 1090. The van der Waals surface area contributed by atoms with Gasteiger partial charge in [0.2, 0.25) is 0 Å². The van der Waals surface area contributed by atoms with Crippen molar-refractivity contribution in [2.45, 2.75) is 77.0 Å². The lowest BCUT2D eigenvalue weighted by molar-refractivity contribution is 0.0496. The molecule has 0 bridgehead atoms. The number of hydrogen-bond acceptors (Lipinski definition) is 4. The molecule has 0 spiro atoms. The number of fused-ring (bicyclic) bond motifs is 1. The maximum absolute atomic E-state index is 13.1. The minimum Gasteiger partial charge on any atom is -0.391 e. The Morgan fingerprint density at radius 3 is 2.43 bits per heavy atom. The molecular weight excluding hydrogens is 466 g/mol. The van der Waals surface area contributed by atoms with Gasteiger partial charge < -0.3 is 25.4 Å². The number of urea groups is 1. The number of morpholine rings is 1. The summed E-state index contributed by atoms with van der Waals surface area (Å²) < 4.78 is 5.39. The molecule has 0 aromatic heterocycles. The quantitative estimate of drug-likeness (QED) is 0.534. The van der Waals surface area contributed by atoms with Gasteiger partial charge in [0.15, 0.2) is 0 Å². The van der Waals surface area contributed by atoms with E-state index >= 15 is 0 Å². The van der Waals surface area contributed by atoms with E-state index in [1.807, 2.05) is 39.0 Å². The first-order valence-corrected chi connectivity index (χ1v) is 13.5. The lowest BCUT2D eigenvalue weighted by atomic mass is 9.88. The highest BCUT2D eigenvalue weighted by Crippen LogP contribution is 2.24. The zero-order chi connectivity index (χ0) is 26.4. The standard InChI is InChI=1S/C30H41N3O4/c1-30(2,3)32-28(35)25-11-7-6-10-24(25)20-27(34)26(31-29(36)33-14-16-37-17-15-33)19-21-12-13-22-8-4-5-9-23(22)18-21/h6-7,10-13,18,26-27,34H,4-5,8-9,14-17,19-20H2,1-3H3,(H,31,36)(H,32,35)/t26-,27+/m0/s1. The van der Waals surface area contributed by atoms with E-state index in [0.29, 0.717) is 38.3 Å². The topological polar surface area (TPSA) is 90.9 Å². The molecule has 4 rings (SSSR count). The normalized spacial score (nSPS) is 17.5. The summed E-state index contributed by atoms with van der Waals surface area (Å²) in [5.41, 5.74) is 4.82. The fraction of sp³-hybridized carbons (Fsp3) is 0.533. The molecule has 0 saturated carbocycles. The third-order valence-corrected chi connectivity index (χ3v) is 7.12. The van der Waals surface area contributed by atoms with Crippen LogP contribution in [0.25, 0.3) is 0 Å². The molecule has 7 nitrogen and oxygen atoms in total. The van der Waals surface area contributed by atoms with E-state index in [9.17, 15) is 14.7 Å². The second-order valence-electron chi connectivity index (χ2n) is 11.3. The van der Waals surface area contributed by atoms with Crippen molar-refractivity contribution >= 4 is 11.9 Å². The van der Waals surface area contributed by atoms with Gasteiger partial charge in [-0.1, -0.05) is 36.4 Å². The van der Waals surface area contributed by atoms with Crippen molar-refractivity contribution in [2.75, 3.05) is 26.3 Å². The van der Waals surface area contributed by atoms with Crippen molar-refractivity contribution in [1.82, 2.24) is 15.5 Å². The van der Waals surface area contributed by atoms with Gasteiger partial charge in [0.25, 0.3) is 5.91 Å². The van der Waals surface area contributed by atoms with E-state index < -0.39 is 12.1 Å². The smallest absolute Gasteiger partial charge is 0.317 e. The second-order valence-corrected chi connectivity index (χ2v) is 11.3. The Kier molecular flexibility index (Phi) is 8.87. The van der Waals surface area contributed by atoms with Crippen molar-refractivity contribution in [3.05, 3.63) is 70.3 Å². The summed E-state index contributed by atoms with van der Waals surface area (Å²) in [6.07, 6.45) is 4.52. The largest absolute Gasteiger partial charge is 0.391 e. The minimum atomic E-state index is -0.871. The highest BCUT2D eigenvalue weighted by atomic mass is 16.5. The molecule has 2 aliphatic rings. The van der Waals surface area contributed by atoms with Crippen molar-refractivity contribution in [3.8, 4) is 0 Å². The predicted molar refractivity (Wildman–Crippen MR) is 145 cm³/mol. The summed E-state index contributed by atoms with van der Waals surface area (Å²) in [6, 6.07) is 13.2. The molecule has 2 atom stereocenters. The number of hydrogen-bond donors (Lipinski definition) is 3. The van der Waals surface area contributed by atoms with Gasteiger partial charge in [-0.25, -0.2) is 4.79 Å². The summed E-state index contributed by atoms with van der Waals surface area (Å²) in [6.45, 7) is 7.92. The van der Waals surface area contributed by atoms with Crippen LogP contribution in [-0.4, -0.2) is 65.9 Å². The number of nitrogens with one attached hydrogen (secondary N) is 2. The highest BCUT2D eigenvalue weighted by Gasteiger charge is 2.27. The molecule has 2 aromatic carbocycles. The number of carbonyl (C=O) groups excluding carboxylic acids is 2. The molecule has 1 fully saturated rings. The van der Waals surface area contributed by atoms with Gasteiger partial charge in [-0.05, 0) is 81.2 Å². The van der Waals surface area contributed by atoms with Gasteiger partial charge in [-0.2, -0.15) is 0 Å². The first kappa shape index (κ1) is 27.1. The molecule has 37 heavy (non-hydrogen) atoms. The summed E-state index contributed by atoms with van der Waals surface area (Å²) >= 11 is 0. The maximum Gasteiger partial charge on any atom is 0.317 e. The minimum absolute atomic E-state index is 0.168. The molecule has 1 heterocycles. The van der Waals surface area contributed by atoms with Crippen molar-refractivity contribution in [2.24, 2.45) is 0 Å². The number of aryl methyl sites for hydroxylation is 2. The molecule has 1 aliphatic carbocycles. The fourth-order valence-corrected chi connectivity index (χ4v) is 5.16. The van der Waals surface area contributed by atoms with E-state index in [0.717, 1.165) is 24.0 Å². The number of aliphatic hydroxyl groups excluding tert-OH is 1. The molecular formula is C30H41N3O4. The number of rotatable bonds is 7. The Balaban J connectivity index is 1.54. The average molecular weight is 508 g/mol. The first-order valence-electron chi connectivity index (χ1n) is 13.5. The van der Waals surface area contributed by atoms with Crippen LogP contribution in [-0.2, 0) is 30.4 Å². The van der Waals surface area contributed by atoms with Crippen LogP contribution in [0.5, 0.6) is 0 Å². The van der Waals surface area contributed by atoms with E-state index in [4.69, 9.17) is 4.74 Å². The van der Waals surface area contributed by atoms with Crippen molar-refractivity contribution in [1.29, 1.82) is 0 Å². The van der Waals surface area contributed by atoms with Gasteiger partial charge in [-0.3, -0.25) is 4.79 Å². The Labute approximate surface area is 220 Å².